The second kappa shape index (κ2) is 8.32. The predicted molar refractivity (Wildman–Crippen MR) is 112 cm³/mol. The summed E-state index contributed by atoms with van der Waals surface area (Å²) < 4.78 is 24.4. The van der Waals surface area contributed by atoms with Crippen molar-refractivity contribution in [3.8, 4) is 0 Å². The Morgan fingerprint density at radius 3 is 2.89 bits per heavy atom. The van der Waals surface area contributed by atoms with Crippen molar-refractivity contribution in [2.75, 3.05) is 24.3 Å². The van der Waals surface area contributed by atoms with E-state index in [0.29, 0.717) is 36.2 Å². The first kappa shape index (κ1) is 20.4. The zero-order chi connectivity index (χ0) is 20.3. The molecular weight excluding hydrogens is 422 g/mol. The normalized spacial score (nSPS) is 11.8. The molecule has 5 N–H and O–H groups in total. The van der Waals surface area contributed by atoms with Crippen LogP contribution in [0.5, 0.6) is 0 Å². The van der Waals surface area contributed by atoms with E-state index in [-0.39, 0.29) is 23.4 Å². The molecular formula is C15H19N7O3S3. The smallest absolute Gasteiger partial charge is 0.252 e. The third-order valence-electron chi connectivity index (χ3n) is 3.76. The minimum atomic E-state index is -3.16. The van der Waals surface area contributed by atoms with E-state index in [2.05, 4.69) is 20.3 Å². The van der Waals surface area contributed by atoms with Crippen molar-refractivity contribution < 1.29 is 13.2 Å². The summed E-state index contributed by atoms with van der Waals surface area (Å²) in [6.45, 7) is 0.996. The Kier molecular flexibility index (Phi) is 6.05. The molecule has 0 saturated heterocycles. The third kappa shape index (κ3) is 4.91. The zero-order valence-corrected chi connectivity index (χ0v) is 17.4. The molecule has 3 aromatic heterocycles. The van der Waals surface area contributed by atoms with Gasteiger partial charge in [-0.05, 0) is 28.7 Å². The van der Waals surface area contributed by atoms with E-state index in [1.807, 2.05) is 0 Å². The monoisotopic (exact) mass is 441 g/mol. The van der Waals surface area contributed by atoms with Crippen molar-refractivity contribution in [1.29, 1.82) is 0 Å². The highest BCUT2D eigenvalue weighted by molar-refractivity contribution is 8.71. The van der Waals surface area contributed by atoms with E-state index < -0.39 is 8.87 Å². The summed E-state index contributed by atoms with van der Waals surface area (Å²) in [5.41, 5.74) is 13.0. The van der Waals surface area contributed by atoms with Gasteiger partial charge in [0.15, 0.2) is 20.3 Å². The molecule has 0 aliphatic rings. The summed E-state index contributed by atoms with van der Waals surface area (Å²) in [7, 11) is -2.35. The first-order valence-electron chi connectivity index (χ1n) is 8.17. The van der Waals surface area contributed by atoms with E-state index in [4.69, 9.17) is 11.5 Å². The second-order valence-corrected chi connectivity index (χ2v) is 11.4. The maximum Gasteiger partial charge on any atom is 0.252 e. The number of aromatic nitrogens is 4. The number of nitrogens with one attached hydrogen (secondary N) is 1. The fraction of sp³-hybridized carbons (Fsp3) is 0.333. The van der Waals surface area contributed by atoms with Crippen LogP contribution in [0.15, 0.2) is 17.8 Å². The Labute approximate surface area is 169 Å². The Balaban J connectivity index is 1.55. The summed E-state index contributed by atoms with van der Waals surface area (Å²) in [4.78, 5) is 25.3. The van der Waals surface area contributed by atoms with Gasteiger partial charge in [-0.1, -0.05) is 0 Å². The van der Waals surface area contributed by atoms with Crippen LogP contribution in [-0.4, -0.2) is 46.6 Å². The lowest BCUT2D eigenvalue weighted by Gasteiger charge is -2.07. The number of nitrogens with two attached hydrogens (primary N) is 2. The number of hydrogen-bond donors (Lipinski definition) is 3. The predicted octanol–water partition coefficient (Wildman–Crippen LogP) is 1.07. The molecule has 0 atom stereocenters. The van der Waals surface area contributed by atoms with Crippen LogP contribution in [0.3, 0.4) is 0 Å². The van der Waals surface area contributed by atoms with Crippen molar-refractivity contribution in [2.45, 2.75) is 18.7 Å². The minimum Gasteiger partial charge on any atom is -0.382 e. The summed E-state index contributed by atoms with van der Waals surface area (Å²) in [6, 6.07) is 1.70. The Morgan fingerprint density at radius 1 is 1.36 bits per heavy atom. The average Bonchev–Trinajstić information content (AvgIpc) is 3.23. The van der Waals surface area contributed by atoms with Crippen LogP contribution in [-0.2, 0) is 21.2 Å². The molecule has 3 rings (SSSR count). The van der Waals surface area contributed by atoms with E-state index in [9.17, 15) is 13.2 Å². The Hall–Kier alpha value is -2.38. The van der Waals surface area contributed by atoms with Gasteiger partial charge in [-0.3, -0.25) is 4.79 Å². The quantitative estimate of drug-likeness (QED) is 0.343. The van der Waals surface area contributed by atoms with Gasteiger partial charge in [0.25, 0.3) is 5.91 Å². The van der Waals surface area contributed by atoms with Gasteiger partial charge in [0.2, 0.25) is 5.95 Å². The summed E-state index contributed by atoms with van der Waals surface area (Å²) >= 11 is 1.36. The van der Waals surface area contributed by atoms with Crippen molar-refractivity contribution in [3.05, 3.63) is 28.2 Å². The number of carbonyl (C=O) groups excluding carboxylic acids is 1. The topological polar surface area (TPSA) is 159 Å². The van der Waals surface area contributed by atoms with Crippen molar-refractivity contribution in [1.82, 2.24) is 24.8 Å². The first-order valence-corrected chi connectivity index (χ1v) is 12.4. The maximum atomic E-state index is 12.4. The van der Waals surface area contributed by atoms with Crippen molar-refractivity contribution in [3.63, 3.8) is 0 Å². The molecule has 0 radical (unpaired) electrons. The number of hydrogen-bond acceptors (Lipinski definition) is 10. The van der Waals surface area contributed by atoms with E-state index in [1.165, 1.54) is 11.3 Å². The van der Waals surface area contributed by atoms with Gasteiger partial charge >= 0.3 is 0 Å². The zero-order valence-electron chi connectivity index (χ0n) is 15.0. The molecule has 0 unspecified atom stereocenters. The molecule has 3 heterocycles. The molecule has 3 aromatic rings. The lowest BCUT2D eigenvalue weighted by molar-refractivity contribution is 0.0952. The van der Waals surface area contributed by atoms with Crippen molar-refractivity contribution >= 4 is 59.8 Å². The summed E-state index contributed by atoms with van der Waals surface area (Å²) in [5.74, 6) is 0.336. The number of thiophene rings is 1. The van der Waals surface area contributed by atoms with Gasteiger partial charge < -0.3 is 21.4 Å². The highest BCUT2D eigenvalue weighted by Gasteiger charge is 2.15. The number of carbonyl (C=O) groups is 1. The van der Waals surface area contributed by atoms with Crippen LogP contribution in [0.1, 0.15) is 21.7 Å². The molecule has 13 heteroatoms. The second-order valence-electron chi connectivity index (χ2n) is 5.91. The van der Waals surface area contributed by atoms with E-state index >= 15 is 0 Å². The van der Waals surface area contributed by atoms with Gasteiger partial charge in [0, 0.05) is 30.0 Å². The number of rotatable bonds is 8. The Bertz CT molecular complexity index is 1110. The molecule has 0 aromatic carbocycles. The fourth-order valence-corrected chi connectivity index (χ4v) is 5.31. The first-order chi connectivity index (χ1) is 13.2. The number of nitrogens with zero attached hydrogens (tertiary/aromatic N) is 4. The molecule has 0 fully saturated rings. The summed E-state index contributed by atoms with van der Waals surface area (Å²) in [6.07, 6.45) is 3.39. The minimum absolute atomic E-state index is 0.0806. The largest absolute Gasteiger partial charge is 0.382 e. The van der Waals surface area contributed by atoms with Crippen LogP contribution in [0, 0.1) is 0 Å². The number of anilines is 2. The van der Waals surface area contributed by atoms with Crippen LogP contribution in [0.4, 0.5) is 11.8 Å². The van der Waals surface area contributed by atoms with Crippen LogP contribution in [0.25, 0.3) is 11.2 Å². The SMILES string of the molecule is CS(=O)(=O)SCc1sccc1C(=O)NCCCn1cnc2c(N)nc(N)nc21. The van der Waals surface area contributed by atoms with Gasteiger partial charge in [-0.2, -0.15) is 9.97 Å². The van der Waals surface area contributed by atoms with Gasteiger partial charge in [0.1, 0.15) is 5.52 Å². The van der Waals surface area contributed by atoms with Crippen LogP contribution >= 0.6 is 22.1 Å². The molecule has 0 aliphatic carbocycles. The number of amides is 1. The standard InChI is InChI=1S/C15H19N7O3S3/c1-28(24,25)27-7-10-9(3-6-26-10)14(23)18-4-2-5-22-8-19-11-12(16)20-15(17)21-13(11)22/h3,6,8H,2,4-5,7H2,1H3,(H,18,23)(H4,16,17,20,21). The molecule has 0 bridgehead atoms. The third-order valence-corrected chi connectivity index (χ3v) is 7.34. The number of imidazole rings is 1. The average molecular weight is 442 g/mol. The summed E-state index contributed by atoms with van der Waals surface area (Å²) in [5, 5.41) is 4.63. The maximum absolute atomic E-state index is 12.4. The Morgan fingerprint density at radius 2 is 2.14 bits per heavy atom. The van der Waals surface area contributed by atoms with Gasteiger partial charge in [-0.25, -0.2) is 13.4 Å². The fourth-order valence-electron chi connectivity index (χ4n) is 2.51. The number of fused-ring (bicyclic) bond motifs is 1. The van der Waals surface area contributed by atoms with Crippen LogP contribution in [0.2, 0.25) is 0 Å². The molecule has 10 nitrogen and oxygen atoms in total. The highest BCUT2D eigenvalue weighted by atomic mass is 33.1. The molecule has 0 aliphatic heterocycles. The van der Waals surface area contributed by atoms with E-state index in [0.717, 1.165) is 21.9 Å². The molecule has 1 amide bonds. The molecule has 150 valence electrons. The number of aryl methyl sites for hydroxylation is 1. The van der Waals surface area contributed by atoms with E-state index in [1.54, 1.807) is 22.3 Å². The highest BCUT2D eigenvalue weighted by Crippen LogP contribution is 2.25. The number of nitrogen functional groups attached to an aromatic ring is 2. The van der Waals surface area contributed by atoms with Gasteiger partial charge in [0.05, 0.1) is 11.9 Å². The molecule has 0 spiro atoms. The molecule has 28 heavy (non-hydrogen) atoms. The van der Waals surface area contributed by atoms with Crippen molar-refractivity contribution in [2.24, 2.45) is 0 Å². The lowest BCUT2D eigenvalue weighted by Crippen LogP contribution is -2.25. The molecule has 0 saturated carbocycles. The van der Waals surface area contributed by atoms with Crippen LogP contribution < -0.4 is 16.8 Å². The van der Waals surface area contributed by atoms with Gasteiger partial charge in [-0.15, -0.1) is 11.3 Å². The lowest BCUT2D eigenvalue weighted by atomic mass is 10.2.